The van der Waals surface area contributed by atoms with E-state index in [1.54, 1.807) is 12.4 Å². The number of carbonyl (C=O) groups excluding carboxylic acids is 1. The first-order valence-corrected chi connectivity index (χ1v) is 9.25. The molecule has 2 fully saturated rings. The quantitative estimate of drug-likeness (QED) is 0.841. The number of piperidine rings is 2. The van der Waals surface area contributed by atoms with Crippen molar-refractivity contribution >= 4 is 11.6 Å². The molecule has 0 N–H and O–H groups in total. The summed E-state index contributed by atoms with van der Waals surface area (Å²) in [6.45, 7) is 3.99. The summed E-state index contributed by atoms with van der Waals surface area (Å²) in [5.74, 6) is 0.146. The van der Waals surface area contributed by atoms with Crippen molar-refractivity contribution in [2.45, 2.75) is 25.7 Å². The van der Waals surface area contributed by atoms with Gasteiger partial charge in [-0.05, 0) is 55.4 Å². The second kappa shape index (κ2) is 6.87. The number of nitrogens with zero attached hydrogens (tertiary/aromatic N) is 3. The number of para-hydroxylation sites is 1. The highest BCUT2D eigenvalue weighted by Gasteiger charge is 2.39. The van der Waals surface area contributed by atoms with E-state index in [-0.39, 0.29) is 5.91 Å². The smallest absolute Gasteiger partial charge is 0.253 e. The number of carbonyl (C=O) groups is 1. The molecule has 3 heterocycles. The van der Waals surface area contributed by atoms with Crippen LogP contribution in [-0.4, -0.2) is 42.0 Å². The molecular formula is C21H25N3O. The third-order valence-corrected chi connectivity index (χ3v) is 5.82. The number of anilines is 1. The lowest BCUT2D eigenvalue weighted by Crippen LogP contribution is -2.50. The predicted molar refractivity (Wildman–Crippen MR) is 99.7 cm³/mol. The Morgan fingerprint density at radius 1 is 0.920 bits per heavy atom. The highest BCUT2D eigenvalue weighted by Crippen LogP contribution is 2.41. The van der Waals surface area contributed by atoms with Crippen molar-refractivity contribution in [3.05, 3.63) is 60.4 Å². The second-order valence-electron chi connectivity index (χ2n) is 7.39. The minimum absolute atomic E-state index is 0.146. The molecule has 0 bridgehead atoms. The molecule has 1 spiro atoms. The van der Waals surface area contributed by atoms with Gasteiger partial charge in [0.25, 0.3) is 5.91 Å². The van der Waals surface area contributed by atoms with Gasteiger partial charge in [0.05, 0.1) is 0 Å². The summed E-state index contributed by atoms with van der Waals surface area (Å²) in [7, 11) is 0. The number of amides is 1. The van der Waals surface area contributed by atoms with Gasteiger partial charge in [0.1, 0.15) is 0 Å². The summed E-state index contributed by atoms with van der Waals surface area (Å²) < 4.78 is 0. The second-order valence-corrected chi connectivity index (χ2v) is 7.39. The van der Waals surface area contributed by atoms with Crippen molar-refractivity contribution in [2.24, 2.45) is 5.41 Å². The largest absolute Gasteiger partial charge is 0.371 e. The number of benzene rings is 1. The average molecular weight is 335 g/mol. The summed E-state index contributed by atoms with van der Waals surface area (Å²) in [5.41, 5.74) is 2.45. The molecule has 0 aliphatic carbocycles. The summed E-state index contributed by atoms with van der Waals surface area (Å²) >= 11 is 0. The van der Waals surface area contributed by atoms with Crippen LogP contribution < -0.4 is 4.90 Å². The standard InChI is InChI=1S/C21H25N3O/c25-20(18-7-12-22-13-8-18)23-15-10-21(11-16-23)9-4-14-24(17-21)19-5-2-1-3-6-19/h1-3,5-8,12-13H,4,9-11,14-17H2. The molecule has 1 aromatic carbocycles. The molecule has 1 amide bonds. The summed E-state index contributed by atoms with van der Waals surface area (Å²) in [4.78, 5) is 21.2. The Morgan fingerprint density at radius 2 is 1.64 bits per heavy atom. The summed E-state index contributed by atoms with van der Waals surface area (Å²) in [6, 6.07) is 14.3. The van der Waals surface area contributed by atoms with Crippen LogP contribution in [0.4, 0.5) is 5.69 Å². The monoisotopic (exact) mass is 335 g/mol. The SMILES string of the molecule is O=C(c1ccncc1)N1CCC2(CCCN(c3ccccc3)C2)CC1. The molecule has 25 heavy (non-hydrogen) atoms. The minimum Gasteiger partial charge on any atom is -0.371 e. The lowest BCUT2D eigenvalue weighted by molar-refractivity contribution is 0.0541. The van der Waals surface area contributed by atoms with E-state index in [0.717, 1.165) is 44.6 Å². The van der Waals surface area contributed by atoms with Crippen LogP contribution in [-0.2, 0) is 0 Å². The lowest BCUT2D eigenvalue weighted by atomic mass is 9.72. The molecule has 2 aromatic rings. The fraction of sp³-hybridized carbons (Fsp3) is 0.429. The first-order valence-electron chi connectivity index (χ1n) is 9.25. The zero-order chi connectivity index (χ0) is 17.1. The van der Waals surface area contributed by atoms with Gasteiger partial charge >= 0.3 is 0 Å². The molecular weight excluding hydrogens is 310 g/mol. The molecule has 2 aliphatic heterocycles. The van der Waals surface area contributed by atoms with Gasteiger partial charge in [0.2, 0.25) is 0 Å². The molecule has 4 nitrogen and oxygen atoms in total. The zero-order valence-electron chi connectivity index (χ0n) is 14.6. The van der Waals surface area contributed by atoms with Gasteiger partial charge in [-0.3, -0.25) is 9.78 Å². The van der Waals surface area contributed by atoms with Gasteiger partial charge in [-0.1, -0.05) is 18.2 Å². The van der Waals surface area contributed by atoms with E-state index in [0.29, 0.717) is 5.41 Å². The Kier molecular flexibility index (Phi) is 4.43. The molecule has 1 aromatic heterocycles. The van der Waals surface area contributed by atoms with Crippen LogP contribution in [0.2, 0.25) is 0 Å². The van der Waals surface area contributed by atoms with Gasteiger partial charge in [-0.2, -0.15) is 0 Å². The van der Waals surface area contributed by atoms with Crippen molar-refractivity contribution in [1.29, 1.82) is 0 Å². The Balaban J connectivity index is 1.41. The third kappa shape index (κ3) is 3.39. The van der Waals surface area contributed by atoms with E-state index in [9.17, 15) is 4.79 Å². The van der Waals surface area contributed by atoms with E-state index in [2.05, 4.69) is 40.2 Å². The number of hydrogen-bond acceptors (Lipinski definition) is 3. The van der Waals surface area contributed by atoms with Gasteiger partial charge in [-0.15, -0.1) is 0 Å². The zero-order valence-corrected chi connectivity index (χ0v) is 14.6. The van der Waals surface area contributed by atoms with Gasteiger partial charge in [0.15, 0.2) is 0 Å². The van der Waals surface area contributed by atoms with Crippen LogP contribution in [0.15, 0.2) is 54.9 Å². The molecule has 0 atom stereocenters. The number of likely N-dealkylation sites (tertiary alicyclic amines) is 1. The fourth-order valence-electron chi connectivity index (χ4n) is 4.34. The van der Waals surface area contributed by atoms with Crippen molar-refractivity contribution in [3.63, 3.8) is 0 Å². The Hall–Kier alpha value is -2.36. The maximum atomic E-state index is 12.6. The Labute approximate surface area is 149 Å². The summed E-state index contributed by atoms with van der Waals surface area (Å²) in [5, 5.41) is 0. The van der Waals surface area contributed by atoms with E-state index in [1.807, 2.05) is 17.0 Å². The van der Waals surface area contributed by atoms with Crippen LogP contribution in [0.1, 0.15) is 36.0 Å². The number of aromatic nitrogens is 1. The Bertz CT molecular complexity index is 708. The summed E-state index contributed by atoms with van der Waals surface area (Å²) in [6.07, 6.45) is 8.12. The molecule has 0 unspecified atom stereocenters. The van der Waals surface area contributed by atoms with E-state index in [4.69, 9.17) is 0 Å². The van der Waals surface area contributed by atoms with Crippen LogP contribution in [0, 0.1) is 5.41 Å². The van der Waals surface area contributed by atoms with Crippen LogP contribution in [0.3, 0.4) is 0 Å². The predicted octanol–water partition coefficient (Wildman–Crippen LogP) is 3.60. The van der Waals surface area contributed by atoms with Gasteiger partial charge in [-0.25, -0.2) is 0 Å². The highest BCUT2D eigenvalue weighted by molar-refractivity contribution is 5.94. The van der Waals surface area contributed by atoms with E-state index >= 15 is 0 Å². The van der Waals surface area contributed by atoms with Crippen molar-refractivity contribution < 1.29 is 4.79 Å². The van der Waals surface area contributed by atoms with E-state index < -0.39 is 0 Å². The number of rotatable bonds is 2. The van der Waals surface area contributed by atoms with Crippen LogP contribution >= 0.6 is 0 Å². The van der Waals surface area contributed by atoms with Crippen LogP contribution in [0.5, 0.6) is 0 Å². The number of pyridine rings is 1. The van der Waals surface area contributed by atoms with E-state index in [1.165, 1.54) is 18.5 Å². The first kappa shape index (κ1) is 16.1. The number of hydrogen-bond donors (Lipinski definition) is 0. The van der Waals surface area contributed by atoms with Crippen LogP contribution in [0.25, 0.3) is 0 Å². The molecule has 2 aliphatic rings. The Morgan fingerprint density at radius 3 is 2.36 bits per heavy atom. The maximum absolute atomic E-state index is 12.6. The normalized spacial score (nSPS) is 19.8. The molecule has 0 saturated carbocycles. The topological polar surface area (TPSA) is 36.4 Å². The molecule has 130 valence electrons. The molecule has 4 heteroatoms. The van der Waals surface area contributed by atoms with Gasteiger partial charge < -0.3 is 9.80 Å². The molecule has 2 saturated heterocycles. The van der Waals surface area contributed by atoms with Gasteiger partial charge in [0, 0.05) is 49.8 Å². The minimum atomic E-state index is 0.146. The van der Waals surface area contributed by atoms with Crippen molar-refractivity contribution in [1.82, 2.24) is 9.88 Å². The molecule has 4 rings (SSSR count). The third-order valence-electron chi connectivity index (χ3n) is 5.82. The maximum Gasteiger partial charge on any atom is 0.253 e. The molecule has 0 radical (unpaired) electrons. The van der Waals surface area contributed by atoms with Crippen molar-refractivity contribution in [3.8, 4) is 0 Å². The first-order chi connectivity index (χ1) is 12.3. The van der Waals surface area contributed by atoms with Crippen molar-refractivity contribution in [2.75, 3.05) is 31.1 Å². The average Bonchev–Trinajstić information content (AvgIpc) is 2.69. The lowest BCUT2D eigenvalue weighted by Gasteiger charge is -2.48. The highest BCUT2D eigenvalue weighted by atomic mass is 16.2. The fourth-order valence-corrected chi connectivity index (χ4v) is 4.34.